The predicted molar refractivity (Wildman–Crippen MR) is 56.2 cm³/mol. The average molecular weight is 249 g/mol. The number of ketones is 1. The van der Waals surface area contributed by atoms with Crippen molar-refractivity contribution in [3.05, 3.63) is 0 Å². The zero-order valence-electron chi connectivity index (χ0n) is 9.06. The van der Waals surface area contributed by atoms with Crippen LogP contribution in [0.5, 0.6) is 0 Å². The molecule has 1 atom stereocenters. The smallest absolute Gasteiger partial charge is 0.324 e. The van der Waals surface area contributed by atoms with Gasteiger partial charge in [-0.1, -0.05) is 6.92 Å². The fourth-order valence-electron chi connectivity index (χ4n) is 1.42. The number of carbonyl (C=O) groups excluding carboxylic acids is 2. The van der Waals surface area contributed by atoms with Crippen molar-refractivity contribution in [1.29, 1.82) is 0 Å². The summed E-state index contributed by atoms with van der Waals surface area (Å²) in [5.41, 5.74) is 0. The summed E-state index contributed by atoms with van der Waals surface area (Å²) in [6.45, 7) is 2.02. The molecule has 6 nitrogen and oxygen atoms in total. The Morgan fingerprint density at radius 1 is 1.56 bits per heavy atom. The van der Waals surface area contributed by atoms with E-state index in [1.807, 2.05) is 0 Å². The number of ether oxygens (including phenoxy) is 1. The van der Waals surface area contributed by atoms with Gasteiger partial charge in [0.05, 0.1) is 6.61 Å². The fraction of sp³-hybridized carbons (Fsp3) is 0.778. The highest BCUT2D eigenvalue weighted by Gasteiger charge is 2.31. The van der Waals surface area contributed by atoms with Crippen molar-refractivity contribution in [2.24, 2.45) is 0 Å². The van der Waals surface area contributed by atoms with Gasteiger partial charge in [0, 0.05) is 12.8 Å². The lowest BCUT2D eigenvalue weighted by atomic mass is 10.3. The Morgan fingerprint density at radius 3 is 2.75 bits per heavy atom. The van der Waals surface area contributed by atoms with E-state index in [9.17, 15) is 18.0 Å². The molecule has 0 aromatic rings. The molecular weight excluding hydrogens is 234 g/mol. The Balaban J connectivity index is 2.51. The Labute approximate surface area is 94.4 Å². The summed E-state index contributed by atoms with van der Waals surface area (Å²) in [6, 6.07) is -0.834. The van der Waals surface area contributed by atoms with Crippen LogP contribution in [0.2, 0.25) is 0 Å². The van der Waals surface area contributed by atoms with Crippen molar-refractivity contribution in [3.63, 3.8) is 0 Å². The molecule has 1 heterocycles. The molecule has 1 saturated heterocycles. The van der Waals surface area contributed by atoms with Gasteiger partial charge in [-0.15, -0.1) is 0 Å². The molecule has 0 bridgehead atoms. The second-order valence-electron chi connectivity index (χ2n) is 3.67. The standard InChI is InChI=1S/C9H15NO5S/c1-2-3-7(11)6-16(13,14)10-8-4-5-15-9(8)12/h8,10H,2-6H2,1H3. The van der Waals surface area contributed by atoms with Crippen LogP contribution in [0, 0.1) is 0 Å². The summed E-state index contributed by atoms with van der Waals surface area (Å²) in [6.07, 6.45) is 1.16. The van der Waals surface area contributed by atoms with Crippen molar-refractivity contribution in [2.75, 3.05) is 12.4 Å². The molecule has 7 heteroatoms. The molecule has 0 amide bonds. The van der Waals surface area contributed by atoms with E-state index < -0.39 is 27.8 Å². The third kappa shape index (κ3) is 3.90. The lowest BCUT2D eigenvalue weighted by Crippen LogP contribution is -2.40. The zero-order chi connectivity index (χ0) is 12.2. The molecule has 0 aromatic carbocycles. The molecule has 1 rings (SSSR count). The second-order valence-corrected chi connectivity index (χ2v) is 5.43. The van der Waals surface area contributed by atoms with E-state index in [0.717, 1.165) is 0 Å². The molecule has 0 aliphatic carbocycles. The summed E-state index contributed by atoms with van der Waals surface area (Å²) in [4.78, 5) is 22.2. The molecule has 0 radical (unpaired) electrons. The topological polar surface area (TPSA) is 89.5 Å². The van der Waals surface area contributed by atoms with E-state index >= 15 is 0 Å². The van der Waals surface area contributed by atoms with Crippen LogP contribution in [0.25, 0.3) is 0 Å². The van der Waals surface area contributed by atoms with E-state index in [1.165, 1.54) is 0 Å². The van der Waals surface area contributed by atoms with E-state index in [1.54, 1.807) is 6.92 Å². The van der Waals surface area contributed by atoms with Crippen LogP contribution in [-0.2, 0) is 24.3 Å². The van der Waals surface area contributed by atoms with Crippen molar-refractivity contribution in [3.8, 4) is 0 Å². The average Bonchev–Trinajstić information content (AvgIpc) is 2.50. The van der Waals surface area contributed by atoms with Crippen LogP contribution >= 0.6 is 0 Å². The maximum atomic E-state index is 11.5. The van der Waals surface area contributed by atoms with E-state index in [4.69, 9.17) is 0 Å². The molecule has 92 valence electrons. The first-order valence-corrected chi connectivity index (χ1v) is 6.78. The lowest BCUT2D eigenvalue weighted by molar-refractivity contribution is -0.139. The highest BCUT2D eigenvalue weighted by Crippen LogP contribution is 2.07. The predicted octanol–water partition coefficient (Wildman–Crippen LogP) is -0.410. The summed E-state index contributed by atoms with van der Waals surface area (Å²) >= 11 is 0. The summed E-state index contributed by atoms with van der Waals surface area (Å²) in [5, 5.41) is 0. The van der Waals surface area contributed by atoms with E-state index in [0.29, 0.717) is 12.8 Å². The van der Waals surface area contributed by atoms with Gasteiger partial charge in [-0.2, -0.15) is 0 Å². The molecule has 16 heavy (non-hydrogen) atoms. The zero-order valence-corrected chi connectivity index (χ0v) is 9.88. The Kier molecular flexibility index (Phi) is 4.43. The van der Waals surface area contributed by atoms with Gasteiger partial charge in [0.1, 0.15) is 17.6 Å². The van der Waals surface area contributed by atoms with Crippen molar-refractivity contribution < 1.29 is 22.7 Å². The number of hydrogen-bond acceptors (Lipinski definition) is 5. The Bertz CT molecular complexity index is 375. The van der Waals surface area contributed by atoms with Crippen molar-refractivity contribution in [2.45, 2.75) is 32.2 Å². The van der Waals surface area contributed by atoms with Crippen LogP contribution in [0.4, 0.5) is 0 Å². The monoisotopic (exact) mass is 249 g/mol. The summed E-state index contributed by atoms with van der Waals surface area (Å²) < 4.78 is 29.7. The number of nitrogens with one attached hydrogen (secondary N) is 1. The van der Waals surface area contributed by atoms with Gasteiger partial charge in [0.15, 0.2) is 0 Å². The molecule has 0 saturated carbocycles. The first-order valence-electron chi connectivity index (χ1n) is 5.13. The second kappa shape index (κ2) is 5.40. The molecule has 1 fully saturated rings. The normalized spacial score (nSPS) is 20.8. The van der Waals surface area contributed by atoms with Crippen LogP contribution in [0.3, 0.4) is 0 Å². The number of esters is 1. The maximum absolute atomic E-state index is 11.5. The van der Waals surface area contributed by atoms with Gasteiger partial charge in [-0.05, 0) is 6.42 Å². The third-order valence-electron chi connectivity index (χ3n) is 2.14. The van der Waals surface area contributed by atoms with Crippen molar-refractivity contribution in [1.82, 2.24) is 4.72 Å². The Hall–Kier alpha value is -0.950. The van der Waals surface area contributed by atoms with Gasteiger partial charge in [0.25, 0.3) is 0 Å². The summed E-state index contributed by atoms with van der Waals surface area (Å²) in [5.74, 6) is -1.49. The number of hydrogen-bond donors (Lipinski definition) is 1. The minimum atomic E-state index is -3.72. The number of rotatable bonds is 6. The van der Waals surface area contributed by atoms with E-state index in [-0.39, 0.29) is 18.8 Å². The Morgan fingerprint density at radius 2 is 2.25 bits per heavy atom. The third-order valence-corrected chi connectivity index (χ3v) is 3.48. The maximum Gasteiger partial charge on any atom is 0.324 e. The van der Waals surface area contributed by atoms with Gasteiger partial charge in [-0.3, -0.25) is 9.59 Å². The molecule has 1 unspecified atom stereocenters. The minimum absolute atomic E-state index is 0.217. The van der Waals surface area contributed by atoms with Crippen molar-refractivity contribution >= 4 is 21.8 Å². The van der Waals surface area contributed by atoms with Gasteiger partial charge < -0.3 is 4.74 Å². The van der Waals surface area contributed by atoms with E-state index in [2.05, 4.69) is 9.46 Å². The van der Waals surface area contributed by atoms with Gasteiger partial charge in [-0.25, -0.2) is 13.1 Å². The number of cyclic esters (lactones) is 1. The molecule has 1 aliphatic heterocycles. The number of carbonyl (C=O) groups is 2. The van der Waals surface area contributed by atoms with Gasteiger partial charge >= 0.3 is 5.97 Å². The molecule has 0 aromatic heterocycles. The quantitative estimate of drug-likeness (QED) is 0.646. The largest absolute Gasteiger partial charge is 0.464 e. The van der Waals surface area contributed by atoms with Crippen LogP contribution < -0.4 is 4.72 Å². The van der Waals surface area contributed by atoms with Crippen LogP contribution in [0.15, 0.2) is 0 Å². The molecular formula is C9H15NO5S. The number of Topliss-reactive ketones (excluding diaryl/α,β-unsaturated/α-hetero) is 1. The van der Waals surface area contributed by atoms with Crippen LogP contribution in [-0.4, -0.2) is 38.6 Å². The van der Waals surface area contributed by atoms with Gasteiger partial charge in [0.2, 0.25) is 10.0 Å². The molecule has 0 spiro atoms. The summed E-state index contributed by atoms with van der Waals surface area (Å²) in [7, 11) is -3.72. The lowest BCUT2D eigenvalue weighted by Gasteiger charge is -2.08. The minimum Gasteiger partial charge on any atom is -0.464 e. The molecule has 1 N–H and O–H groups in total. The highest BCUT2D eigenvalue weighted by atomic mass is 32.2. The molecule has 1 aliphatic rings. The fourth-order valence-corrected chi connectivity index (χ4v) is 2.72. The number of sulfonamides is 1. The van der Waals surface area contributed by atoms with Crippen LogP contribution in [0.1, 0.15) is 26.2 Å². The highest BCUT2D eigenvalue weighted by molar-refractivity contribution is 7.90. The SMILES string of the molecule is CCCC(=O)CS(=O)(=O)NC1CCOC1=O. The first-order chi connectivity index (χ1) is 7.44. The first kappa shape index (κ1) is 13.1.